The highest BCUT2D eigenvalue weighted by molar-refractivity contribution is 6.04. The molecule has 2 N–H and O–H groups in total. The van der Waals surface area contributed by atoms with E-state index in [1.807, 2.05) is 77.5 Å². The number of nitrogens with one attached hydrogen (secondary N) is 2. The van der Waals surface area contributed by atoms with Gasteiger partial charge in [0.1, 0.15) is 41.5 Å². The fourth-order valence-electron chi connectivity index (χ4n) is 3.89. The number of ether oxygens (including phenoxy) is 1. The minimum absolute atomic E-state index is 0.254. The van der Waals surface area contributed by atoms with Gasteiger partial charge in [0.15, 0.2) is 0 Å². The summed E-state index contributed by atoms with van der Waals surface area (Å²) in [6.45, 7) is 1.57. The molecule has 3 heterocycles. The number of amidine groups is 1. The summed E-state index contributed by atoms with van der Waals surface area (Å²) in [5, 5.41) is 15.4. The average Bonchev–Trinajstić information content (AvgIpc) is 3.65. The van der Waals surface area contributed by atoms with Crippen molar-refractivity contribution in [1.29, 1.82) is 5.41 Å². The van der Waals surface area contributed by atoms with Crippen LogP contribution in [0.1, 0.15) is 25.0 Å². The van der Waals surface area contributed by atoms with Crippen molar-refractivity contribution >= 4 is 11.5 Å². The Morgan fingerprint density at radius 3 is 2.30 bits per heavy atom. The van der Waals surface area contributed by atoms with Crippen LogP contribution >= 0.6 is 0 Å². The minimum atomic E-state index is 0.254. The van der Waals surface area contributed by atoms with Gasteiger partial charge in [-0.3, -0.25) is 15.1 Å². The molecule has 0 atom stereocenters. The Labute approximate surface area is 215 Å². The van der Waals surface area contributed by atoms with Gasteiger partial charge in [0.2, 0.25) is 0 Å². The third kappa shape index (κ3) is 6.49. The second kappa shape index (κ2) is 11.8. The van der Waals surface area contributed by atoms with Crippen molar-refractivity contribution in [1.82, 2.24) is 19.7 Å². The molecule has 0 fully saturated rings. The van der Waals surface area contributed by atoms with Gasteiger partial charge in [-0.05, 0) is 92.1 Å². The first-order chi connectivity index (χ1) is 18.2. The number of hydrogen-bond acceptors (Lipinski definition) is 6. The second-order valence-electron chi connectivity index (χ2n) is 8.55. The molecule has 8 nitrogen and oxygen atoms in total. The standard InChI is InChI=1S/C29H28N6O2/c30-29(26-6-2-3-17-32-26)34-24-11-7-22(8-12-24)27-15-16-28(37-27)23-9-13-25(14-10-23)36-19-5-1-4-18-35-21-31-20-33-35/h2-3,6-17,20-21H,1,4-5,18-19H2,(H2,30,34). The van der Waals surface area contributed by atoms with E-state index in [4.69, 9.17) is 14.6 Å². The van der Waals surface area contributed by atoms with Crippen molar-refractivity contribution in [3.05, 3.63) is 103 Å². The van der Waals surface area contributed by atoms with Gasteiger partial charge in [0, 0.05) is 29.6 Å². The van der Waals surface area contributed by atoms with E-state index in [0.29, 0.717) is 12.3 Å². The van der Waals surface area contributed by atoms with Crippen LogP contribution in [0.3, 0.4) is 0 Å². The maximum atomic E-state index is 8.18. The van der Waals surface area contributed by atoms with Crippen LogP contribution in [0.4, 0.5) is 5.69 Å². The number of hydrogen-bond donors (Lipinski definition) is 2. The summed E-state index contributed by atoms with van der Waals surface area (Å²) in [4.78, 5) is 8.15. The van der Waals surface area contributed by atoms with Crippen LogP contribution in [-0.4, -0.2) is 32.2 Å². The van der Waals surface area contributed by atoms with Crippen molar-refractivity contribution in [2.24, 2.45) is 0 Å². The van der Waals surface area contributed by atoms with Gasteiger partial charge in [0.05, 0.1) is 6.61 Å². The smallest absolute Gasteiger partial charge is 0.148 e. The van der Waals surface area contributed by atoms with Crippen molar-refractivity contribution < 1.29 is 9.15 Å². The lowest BCUT2D eigenvalue weighted by atomic mass is 10.1. The van der Waals surface area contributed by atoms with Crippen molar-refractivity contribution in [3.8, 4) is 28.4 Å². The number of unbranched alkanes of at least 4 members (excludes halogenated alkanes) is 2. The van der Waals surface area contributed by atoms with E-state index in [1.54, 1.807) is 24.9 Å². The number of pyridine rings is 1. The van der Waals surface area contributed by atoms with Gasteiger partial charge >= 0.3 is 0 Å². The maximum Gasteiger partial charge on any atom is 0.148 e. The van der Waals surface area contributed by atoms with Crippen LogP contribution in [0.5, 0.6) is 5.75 Å². The van der Waals surface area contributed by atoms with Crippen LogP contribution in [-0.2, 0) is 6.54 Å². The number of anilines is 1. The monoisotopic (exact) mass is 492 g/mol. The highest BCUT2D eigenvalue weighted by Gasteiger charge is 2.08. The first kappa shape index (κ1) is 24.0. The molecule has 2 aromatic carbocycles. The third-order valence-electron chi connectivity index (χ3n) is 5.87. The molecular weight excluding hydrogens is 464 g/mol. The fourth-order valence-corrected chi connectivity index (χ4v) is 3.89. The molecule has 0 aliphatic rings. The van der Waals surface area contributed by atoms with E-state index in [0.717, 1.165) is 59.9 Å². The summed E-state index contributed by atoms with van der Waals surface area (Å²) < 4.78 is 13.9. The zero-order valence-electron chi connectivity index (χ0n) is 20.4. The lowest BCUT2D eigenvalue weighted by molar-refractivity contribution is 0.303. The first-order valence-electron chi connectivity index (χ1n) is 12.3. The summed E-state index contributed by atoms with van der Waals surface area (Å²) in [5.41, 5.74) is 3.37. The maximum absolute atomic E-state index is 8.18. The molecule has 0 radical (unpaired) electrons. The first-order valence-corrected chi connectivity index (χ1v) is 12.3. The van der Waals surface area contributed by atoms with E-state index in [1.165, 1.54) is 0 Å². The van der Waals surface area contributed by atoms with Crippen molar-refractivity contribution in [2.45, 2.75) is 25.8 Å². The van der Waals surface area contributed by atoms with Crippen LogP contribution in [0.25, 0.3) is 22.6 Å². The van der Waals surface area contributed by atoms with Crippen LogP contribution in [0.2, 0.25) is 0 Å². The molecule has 0 saturated carbocycles. The van der Waals surface area contributed by atoms with Crippen LogP contribution in [0.15, 0.2) is 102 Å². The molecular formula is C29H28N6O2. The lowest BCUT2D eigenvalue weighted by Crippen LogP contribution is -2.13. The lowest BCUT2D eigenvalue weighted by Gasteiger charge is -2.08. The Hall–Kier alpha value is -4.72. The normalized spacial score (nSPS) is 10.8. The van der Waals surface area contributed by atoms with Crippen molar-refractivity contribution in [2.75, 3.05) is 11.9 Å². The van der Waals surface area contributed by atoms with Gasteiger partial charge in [-0.25, -0.2) is 4.98 Å². The topological polar surface area (TPSA) is 102 Å². The molecule has 186 valence electrons. The van der Waals surface area contributed by atoms with Crippen LogP contribution in [0, 0.1) is 5.41 Å². The van der Waals surface area contributed by atoms with E-state index in [-0.39, 0.29) is 5.84 Å². The van der Waals surface area contributed by atoms with E-state index in [2.05, 4.69) is 20.4 Å². The molecule has 8 heteroatoms. The van der Waals surface area contributed by atoms with E-state index in [9.17, 15) is 0 Å². The zero-order valence-corrected chi connectivity index (χ0v) is 20.4. The number of benzene rings is 2. The largest absolute Gasteiger partial charge is 0.494 e. The predicted octanol–water partition coefficient (Wildman–Crippen LogP) is 6.29. The molecule has 0 bridgehead atoms. The predicted molar refractivity (Wildman–Crippen MR) is 144 cm³/mol. The Balaban J connectivity index is 1.11. The van der Waals surface area contributed by atoms with Gasteiger partial charge in [-0.2, -0.15) is 5.10 Å². The quantitative estimate of drug-likeness (QED) is 0.128. The number of nitrogens with zero attached hydrogens (tertiary/aromatic N) is 4. The Morgan fingerprint density at radius 2 is 1.62 bits per heavy atom. The third-order valence-corrected chi connectivity index (χ3v) is 5.87. The highest BCUT2D eigenvalue weighted by atomic mass is 16.5. The minimum Gasteiger partial charge on any atom is -0.494 e. The van der Waals surface area contributed by atoms with Crippen LogP contribution < -0.4 is 10.1 Å². The summed E-state index contributed by atoms with van der Waals surface area (Å²) in [7, 11) is 0. The Morgan fingerprint density at radius 1 is 0.865 bits per heavy atom. The molecule has 5 aromatic rings. The summed E-state index contributed by atoms with van der Waals surface area (Å²) in [6, 6.07) is 25.2. The zero-order chi connectivity index (χ0) is 25.3. The molecule has 0 saturated heterocycles. The second-order valence-corrected chi connectivity index (χ2v) is 8.55. The molecule has 0 aliphatic carbocycles. The fraction of sp³-hybridized carbons (Fsp3) is 0.172. The number of aromatic nitrogens is 4. The van der Waals surface area contributed by atoms with Gasteiger partial charge < -0.3 is 14.5 Å². The molecule has 37 heavy (non-hydrogen) atoms. The Bertz CT molecular complexity index is 1400. The number of aryl methyl sites for hydroxylation is 1. The van der Waals surface area contributed by atoms with Gasteiger partial charge in [-0.1, -0.05) is 6.07 Å². The van der Waals surface area contributed by atoms with Gasteiger partial charge in [0.25, 0.3) is 0 Å². The summed E-state index contributed by atoms with van der Waals surface area (Å²) >= 11 is 0. The Kier molecular flexibility index (Phi) is 7.66. The van der Waals surface area contributed by atoms with Crippen molar-refractivity contribution in [3.63, 3.8) is 0 Å². The highest BCUT2D eigenvalue weighted by Crippen LogP contribution is 2.30. The van der Waals surface area contributed by atoms with E-state index >= 15 is 0 Å². The molecule has 0 spiro atoms. The number of rotatable bonds is 11. The number of furan rings is 1. The molecule has 0 unspecified atom stereocenters. The summed E-state index contributed by atoms with van der Waals surface area (Å²) in [6.07, 6.45) is 8.11. The molecule has 3 aromatic heterocycles. The summed E-state index contributed by atoms with van der Waals surface area (Å²) in [5.74, 6) is 2.69. The molecule has 0 amide bonds. The average molecular weight is 493 g/mol. The van der Waals surface area contributed by atoms with E-state index < -0.39 is 0 Å². The molecule has 0 aliphatic heterocycles. The van der Waals surface area contributed by atoms with Gasteiger partial charge in [-0.15, -0.1) is 0 Å². The SMILES string of the molecule is N=C(Nc1ccc(-c2ccc(-c3ccc(OCCCCCn4cncn4)cc3)o2)cc1)c1ccccn1. The molecule has 5 rings (SSSR count).